The summed E-state index contributed by atoms with van der Waals surface area (Å²) in [5.74, 6) is -0.467. The first kappa shape index (κ1) is 24.0. The average Bonchev–Trinajstić information content (AvgIpc) is 2.75. The number of amides is 1. The predicted molar refractivity (Wildman–Crippen MR) is 121 cm³/mol. The van der Waals surface area contributed by atoms with Crippen molar-refractivity contribution in [2.75, 3.05) is 46.9 Å². The molecule has 7 nitrogen and oxygen atoms in total. The molecule has 0 saturated carbocycles. The van der Waals surface area contributed by atoms with Crippen LogP contribution in [-0.2, 0) is 14.8 Å². The maximum atomic E-state index is 13.0. The summed E-state index contributed by atoms with van der Waals surface area (Å²) in [6.07, 6.45) is 0. The van der Waals surface area contributed by atoms with Gasteiger partial charge in [-0.3, -0.25) is 9.69 Å². The largest absolute Gasteiger partial charge is 0.379 e. The number of ether oxygens (including phenoxy) is 1. The summed E-state index contributed by atoms with van der Waals surface area (Å²) in [6.45, 7) is 3.10. The van der Waals surface area contributed by atoms with E-state index in [9.17, 15) is 13.2 Å². The van der Waals surface area contributed by atoms with Crippen molar-refractivity contribution in [3.05, 3.63) is 63.6 Å². The summed E-state index contributed by atoms with van der Waals surface area (Å²) in [7, 11) is -1.04. The molecule has 1 atom stereocenters. The molecule has 168 valence electrons. The van der Waals surface area contributed by atoms with Crippen molar-refractivity contribution in [2.24, 2.45) is 0 Å². The number of sulfonamides is 1. The van der Waals surface area contributed by atoms with E-state index in [-0.39, 0.29) is 26.5 Å². The number of carbonyl (C=O) groups is 1. The highest BCUT2D eigenvalue weighted by molar-refractivity contribution is 7.89. The molecule has 0 unspecified atom stereocenters. The normalized spacial score (nSPS) is 16.3. The van der Waals surface area contributed by atoms with Crippen molar-refractivity contribution in [1.29, 1.82) is 0 Å². The first-order valence-corrected chi connectivity index (χ1v) is 12.0. The van der Waals surface area contributed by atoms with Gasteiger partial charge >= 0.3 is 0 Å². The fourth-order valence-corrected chi connectivity index (χ4v) is 5.13. The van der Waals surface area contributed by atoms with E-state index in [0.717, 1.165) is 23.0 Å². The second-order valence-electron chi connectivity index (χ2n) is 7.33. The van der Waals surface area contributed by atoms with Crippen LogP contribution in [0, 0.1) is 0 Å². The van der Waals surface area contributed by atoms with Gasteiger partial charge in [-0.15, -0.1) is 0 Å². The van der Waals surface area contributed by atoms with Crippen LogP contribution in [0.25, 0.3) is 0 Å². The molecular formula is C21H25Cl2N3O4S. The lowest BCUT2D eigenvalue weighted by Gasteiger charge is -2.35. The van der Waals surface area contributed by atoms with Gasteiger partial charge in [0.15, 0.2) is 0 Å². The van der Waals surface area contributed by atoms with E-state index in [2.05, 4.69) is 10.2 Å². The molecule has 10 heteroatoms. The van der Waals surface area contributed by atoms with Crippen LogP contribution in [0.4, 0.5) is 0 Å². The van der Waals surface area contributed by atoms with Gasteiger partial charge in [-0.2, -0.15) is 0 Å². The zero-order chi connectivity index (χ0) is 22.6. The van der Waals surface area contributed by atoms with Crippen LogP contribution in [0.5, 0.6) is 0 Å². The molecule has 0 bridgehead atoms. The van der Waals surface area contributed by atoms with Crippen LogP contribution < -0.4 is 5.32 Å². The second kappa shape index (κ2) is 10.3. The average molecular weight is 486 g/mol. The molecule has 31 heavy (non-hydrogen) atoms. The molecule has 1 aliphatic rings. The fourth-order valence-electron chi connectivity index (χ4n) is 3.40. The lowest BCUT2D eigenvalue weighted by molar-refractivity contribution is 0.0162. The summed E-state index contributed by atoms with van der Waals surface area (Å²) in [5, 5.41) is 2.96. The van der Waals surface area contributed by atoms with E-state index in [1.807, 2.05) is 30.3 Å². The van der Waals surface area contributed by atoms with Gasteiger partial charge in [0.05, 0.1) is 34.9 Å². The van der Waals surface area contributed by atoms with Crippen LogP contribution in [0.3, 0.4) is 0 Å². The number of hydrogen-bond acceptors (Lipinski definition) is 5. The lowest BCUT2D eigenvalue weighted by Crippen LogP contribution is -2.43. The van der Waals surface area contributed by atoms with Gasteiger partial charge < -0.3 is 10.1 Å². The first-order valence-electron chi connectivity index (χ1n) is 9.78. The maximum absolute atomic E-state index is 13.0. The van der Waals surface area contributed by atoms with Gasteiger partial charge in [-0.1, -0.05) is 53.5 Å². The number of nitrogens with one attached hydrogen (secondary N) is 1. The molecule has 0 spiro atoms. The number of carbonyl (C=O) groups excluding carboxylic acids is 1. The summed E-state index contributed by atoms with van der Waals surface area (Å²) >= 11 is 12.3. The highest BCUT2D eigenvalue weighted by atomic mass is 35.5. The summed E-state index contributed by atoms with van der Waals surface area (Å²) in [6, 6.07) is 12.3. The van der Waals surface area contributed by atoms with Crippen molar-refractivity contribution >= 4 is 39.1 Å². The Morgan fingerprint density at radius 1 is 1.13 bits per heavy atom. The Balaban J connectivity index is 1.84. The van der Waals surface area contributed by atoms with Crippen molar-refractivity contribution in [1.82, 2.24) is 14.5 Å². The van der Waals surface area contributed by atoms with Crippen molar-refractivity contribution < 1.29 is 17.9 Å². The monoisotopic (exact) mass is 485 g/mol. The molecule has 2 aromatic rings. The first-order chi connectivity index (χ1) is 14.7. The zero-order valence-corrected chi connectivity index (χ0v) is 19.7. The standard InChI is InChI=1S/C21H25Cl2N3O4S/c1-25(2)31(28,29)20-12-16(17(22)13-18(20)23)21(27)24-14-19(15-6-4-3-5-7-15)26-8-10-30-11-9-26/h3-7,12-13,19H,8-11,14H2,1-2H3,(H,24,27)/t19-/m1/s1. The molecule has 0 aliphatic carbocycles. The smallest absolute Gasteiger partial charge is 0.252 e. The van der Waals surface area contributed by atoms with E-state index in [4.69, 9.17) is 27.9 Å². The number of hydrogen-bond donors (Lipinski definition) is 1. The highest BCUT2D eigenvalue weighted by Crippen LogP contribution is 2.30. The summed E-state index contributed by atoms with van der Waals surface area (Å²) in [4.78, 5) is 15.0. The molecule has 1 heterocycles. The Morgan fingerprint density at radius 2 is 1.77 bits per heavy atom. The lowest BCUT2D eigenvalue weighted by atomic mass is 10.0. The van der Waals surface area contributed by atoms with Crippen LogP contribution in [0.15, 0.2) is 47.4 Å². The SMILES string of the molecule is CN(C)S(=O)(=O)c1cc(C(=O)NC[C@H](c2ccccc2)N2CCOCC2)c(Cl)cc1Cl. The molecule has 1 amide bonds. The van der Waals surface area contributed by atoms with Crippen LogP contribution in [0.1, 0.15) is 22.0 Å². The predicted octanol–water partition coefficient (Wildman–Crippen LogP) is 3.05. The van der Waals surface area contributed by atoms with Crippen molar-refractivity contribution in [3.63, 3.8) is 0 Å². The number of nitrogens with zero attached hydrogens (tertiary/aromatic N) is 2. The van der Waals surface area contributed by atoms with Crippen molar-refractivity contribution in [2.45, 2.75) is 10.9 Å². The fraction of sp³-hybridized carbons (Fsp3) is 0.381. The van der Waals surface area contributed by atoms with Gasteiger partial charge in [-0.05, 0) is 17.7 Å². The quantitative estimate of drug-likeness (QED) is 0.651. The van der Waals surface area contributed by atoms with Crippen molar-refractivity contribution in [3.8, 4) is 0 Å². The second-order valence-corrected chi connectivity index (χ2v) is 10.3. The minimum Gasteiger partial charge on any atom is -0.379 e. The Bertz CT molecular complexity index is 1030. The Hall–Kier alpha value is -1.68. The summed E-state index contributed by atoms with van der Waals surface area (Å²) < 4.78 is 31.6. The molecule has 1 aliphatic heterocycles. The van der Waals surface area contributed by atoms with Crippen LogP contribution in [0.2, 0.25) is 10.0 Å². The van der Waals surface area contributed by atoms with Crippen LogP contribution >= 0.6 is 23.2 Å². The minimum atomic E-state index is -3.83. The topological polar surface area (TPSA) is 79.0 Å². The minimum absolute atomic E-state index is 0.0364. The number of morpholine rings is 1. The van der Waals surface area contributed by atoms with Gasteiger partial charge in [0.2, 0.25) is 10.0 Å². The number of halogens is 2. The third kappa shape index (κ3) is 5.58. The van der Waals surface area contributed by atoms with Gasteiger partial charge in [-0.25, -0.2) is 12.7 Å². The molecule has 0 aromatic heterocycles. The van der Waals surface area contributed by atoms with E-state index in [1.165, 1.54) is 26.2 Å². The molecule has 2 aromatic carbocycles. The van der Waals surface area contributed by atoms with Gasteiger partial charge in [0.1, 0.15) is 4.90 Å². The maximum Gasteiger partial charge on any atom is 0.252 e. The van der Waals surface area contributed by atoms with E-state index in [0.29, 0.717) is 19.8 Å². The Labute approximate surface area is 192 Å². The number of rotatable bonds is 7. The Morgan fingerprint density at radius 3 is 2.39 bits per heavy atom. The molecule has 3 rings (SSSR count). The molecule has 1 saturated heterocycles. The third-order valence-electron chi connectivity index (χ3n) is 5.15. The third-order valence-corrected chi connectivity index (χ3v) is 7.74. The zero-order valence-electron chi connectivity index (χ0n) is 17.3. The molecule has 0 radical (unpaired) electrons. The molecule has 1 fully saturated rings. The highest BCUT2D eigenvalue weighted by Gasteiger charge is 2.26. The summed E-state index contributed by atoms with van der Waals surface area (Å²) in [5.41, 5.74) is 1.13. The van der Waals surface area contributed by atoms with Gasteiger partial charge in [0, 0.05) is 33.7 Å². The van der Waals surface area contributed by atoms with E-state index < -0.39 is 15.9 Å². The van der Waals surface area contributed by atoms with E-state index in [1.54, 1.807) is 0 Å². The van der Waals surface area contributed by atoms with E-state index >= 15 is 0 Å². The van der Waals surface area contributed by atoms with Crippen LogP contribution in [-0.4, -0.2) is 70.5 Å². The molecule has 1 N–H and O–H groups in total. The Kier molecular flexibility index (Phi) is 7.96. The number of benzene rings is 2. The van der Waals surface area contributed by atoms with Gasteiger partial charge in [0.25, 0.3) is 5.91 Å². The molecular weight excluding hydrogens is 461 g/mol.